The molecule has 0 heterocycles. The molecule has 10 heteroatoms. The Labute approximate surface area is 217 Å². The lowest BCUT2D eigenvalue weighted by molar-refractivity contribution is -0.141. The first-order valence-corrected chi connectivity index (χ1v) is 12.1. The van der Waals surface area contributed by atoms with Crippen molar-refractivity contribution in [1.82, 2.24) is 21.3 Å². The van der Waals surface area contributed by atoms with Crippen molar-refractivity contribution in [3.63, 3.8) is 0 Å². The number of hydrogen-bond donors (Lipinski definition) is 5. The Morgan fingerprint density at radius 1 is 0.811 bits per heavy atom. The first kappa shape index (κ1) is 29.3. The largest absolute Gasteiger partial charge is 0.480 e. The van der Waals surface area contributed by atoms with Crippen molar-refractivity contribution in [3.05, 3.63) is 71.8 Å². The molecule has 3 amide bonds. The Kier molecular flexibility index (Phi) is 11.6. The summed E-state index contributed by atoms with van der Waals surface area (Å²) in [7, 11) is 0. The zero-order chi connectivity index (χ0) is 27.3. The van der Waals surface area contributed by atoms with Gasteiger partial charge in [-0.25, -0.2) is 9.59 Å². The van der Waals surface area contributed by atoms with Gasteiger partial charge in [0.05, 0.1) is 13.1 Å². The zero-order valence-corrected chi connectivity index (χ0v) is 21.5. The van der Waals surface area contributed by atoms with Crippen LogP contribution < -0.4 is 21.3 Å². The van der Waals surface area contributed by atoms with E-state index in [0.717, 1.165) is 11.1 Å². The van der Waals surface area contributed by atoms with Crippen molar-refractivity contribution < 1.29 is 29.0 Å². The standard InChI is InChI=1S/C27H36N4O6/c1-27(2,3)37-26(36)30-21(14-19-10-6-4-7-11-19)16-28-17-23(32)29-18-24(33)31-22(25(34)35)15-20-12-8-5-9-13-20/h4-13,21-22,28H,14-18H2,1-3H3,(H,29,32)(H,30,36)(H,31,33)(H,34,35)/t21-,22-/m0/s1. The van der Waals surface area contributed by atoms with Gasteiger partial charge < -0.3 is 31.1 Å². The van der Waals surface area contributed by atoms with E-state index in [1.807, 2.05) is 36.4 Å². The van der Waals surface area contributed by atoms with E-state index in [0.29, 0.717) is 6.42 Å². The molecular formula is C27H36N4O6. The molecule has 0 bridgehead atoms. The van der Waals surface area contributed by atoms with Crippen molar-refractivity contribution in [2.45, 2.75) is 51.3 Å². The molecule has 2 atom stereocenters. The minimum Gasteiger partial charge on any atom is -0.480 e. The highest BCUT2D eigenvalue weighted by molar-refractivity contribution is 5.88. The number of benzene rings is 2. The topological polar surface area (TPSA) is 146 Å². The predicted molar refractivity (Wildman–Crippen MR) is 139 cm³/mol. The number of carboxylic acid groups (broad SMARTS) is 1. The molecule has 2 rings (SSSR count). The van der Waals surface area contributed by atoms with Crippen LogP contribution in [-0.2, 0) is 32.0 Å². The maximum atomic E-state index is 12.3. The van der Waals surface area contributed by atoms with E-state index in [1.165, 1.54) is 0 Å². The molecule has 2 aromatic carbocycles. The van der Waals surface area contributed by atoms with Crippen LogP contribution in [-0.4, -0.2) is 66.3 Å². The number of carbonyl (C=O) groups is 4. The summed E-state index contributed by atoms with van der Waals surface area (Å²) in [5.74, 6) is -2.21. The quantitative estimate of drug-likeness (QED) is 0.274. The smallest absolute Gasteiger partial charge is 0.407 e. The summed E-state index contributed by atoms with van der Waals surface area (Å²) in [6.07, 6.45) is 0.0970. The molecule has 10 nitrogen and oxygen atoms in total. The Bertz CT molecular complexity index is 1020. The van der Waals surface area contributed by atoms with Crippen LogP contribution in [0.3, 0.4) is 0 Å². The van der Waals surface area contributed by atoms with Gasteiger partial charge in [-0.2, -0.15) is 0 Å². The summed E-state index contributed by atoms with van der Waals surface area (Å²) in [6, 6.07) is 17.1. The normalized spacial score (nSPS) is 12.6. The van der Waals surface area contributed by atoms with E-state index < -0.39 is 35.5 Å². The Hall–Kier alpha value is -3.92. The van der Waals surface area contributed by atoms with E-state index in [2.05, 4.69) is 21.3 Å². The lowest BCUT2D eigenvalue weighted by atomic mass is 10.1. The van der Waals surface area contributed by atoms with Gasteiger partial charge >= 0.3 is 12.1 Å². The Morgan fingerprint density at radius 3 is 1.92 bits per heavy atom. The average Bonchev–Trinajstić information content (AvgIpc) is 2.82. The number of ether oxygens (including phenoxy) is 1. The van der Waals surface area contributed by atoms with Crippen LogP contribution in [0.15, 0.2) is 60.7 Å². The molecule has 0 aliphatic carbocycles. The van der Waals surface area contributed by atoms with E-state index in [4.69, 9.17) is 4.74 Å². The summed E-state index contributed by atoms with van der Waals surface area (Å²) in [6.45, 7) is 5.16. The minimum absolute atomic E-state index is 0.0963. The Balaban J connectivity index is 1.80. The Morgan fingerprint density at radius 2 is 1.38 bits per heavy atom. The van der Waals surface area contributed by atoms with Gasteiger partial charge in [-0.05, 0) is 38.3 Å². The van der Waals surface area contributed by atoms with Gasteiger partial charge in [-0.1, -0.05) is 60.7 Å². The molecule has 0 unspecified atom stereocenters. The number of rotatable bonds is 13. The molecule has 0 fully saturated rings. The van der Waals surface area contributed by atoms with Gasteiger partial charge in [-0.3, -0.25) is 9.59 Å². The molecule has 0 saturated carbocycles. The number of carboxylic acids is 1. The van der Waals surface area contributed by atoms with E-state index in [-0.39, 0.29) is 32.1 Å². The zero-order valence-electron chi connectivity index (χ0n) is 21.5. The molecular weight excluding hydrogens is 476 g/mol. The molecule has 0 aliphatic heterocycles. The van der Waals surface area contributed by atoms with Crippen LogP contribution in [0.1, 0.15) is 31.9 Å². The molecule has 37 heavy (non-hydrogen) atoms. The van der Waals surface area contributed by atoms with Crippen LogP contribution in [0.4, 0.5) is 4.79 Å². The number of hydrogen-bond acceptors (Lipinski definition) is 6. The number of amides is 3. The molecule has 200 valence electrons. The second-order valence-corrected chi connectivity index (χ2v) is 9.59. The number of aliphatic carboxylic acids is 1. The third-order valence-corrected chi connectivity index (χ3v) is 5.08. The highest BCUT2D eigenvalue weighted by Crippen LogP contribution is 2.08. The second kappa shape index (κ2) is 14.6. The SMILES string of the molecule is CC(C)(C)OC(=O)N[C@H](CNCC(=O)NCC(=O)N[C@@H](Cc1ccccc1)C(=O)O)Cc1ccccc1. The summed E-state index contributed by atoms with van der Waals surface area (Å²) < 4.78 is 5.34. The van der Waals surface area contributed by atoms with E-state index in [9.17, 15) is 24.3 Å². The highest BCUT2D eigenvalue weighted by Gasteiger charge is 2.22. The summed E-state index contributed by atoms with van der Waals surface area (Å²) in [4.78, 5) is 48.2. The van der Waals surface area contributed by atoms with Crippen molar-refractivity contribution in [3.8, 4) is 0 Å². The fraction of sp³-hybridized carbons (Fsp3) is 0.407. The van der Waals surface area contributed by atoms with Gasteiger partial charge in [0, 0.05) is 19.0 Å². The van der Waals surface area contributed by atoms with Crippen molar-refractivity contribution in [2.24, 2.45) is 0 Å². The van der Waals surface area contributed by atoms with Gasteiger partial charge in [0.1, 0.15) is 11.6 Å². The van der Waals surface area contributed by atoms with Crippen LogP contribution >= 0.6 is 0 Å². The molecule has 5 N–H and O–H groups in total. The lowest BCUT2D eigenvalue weighted by Gasteiger charge is -2.24. The van der Waals surface area contributed by atoms with Crippen molar-refractivity contribution in [1.29, 1.82) is 0 Å². The summed E-state index contributed by atoms with van der Waals surface area (Å²) in [5.41, 5.74) is 1.14. The van der Waals surface area contributed by atoms with Crippen LogP contribution in [0.25, 0.3) is 0 Å². The van der Waals surface area contributed by atoms with Gasteiger partial charge in [0.2, 0.25) is 11.8 Å². The van der Waals surface area contributed by atoms with Crippen molar-refractivity contribution in [2.75, 3.05) is 19.6 Å². The lowest BCUT2D eigenvalue weighted by Crippen LogP contribution is -2.49. The first-order chi connectivity index (χ1) is 17.5. The maximum Gasteiger partial charge on any atom is 0.407 e. The molecule has 0 aromatic heterocycles. The summed E-state index contributed by atoms with van der Waals surface area (Å²) in [5, 5.41) is 20.1. The van der Waals surface area contributed by atoms with Gasteiger partial charge in [-0.15, -0.1) is 0 Å². The number of carbonyl (C=O) groups excluding carboxylic acids is 3. The number of nitrogens with one attached hydrogen (secondary N) is 4. The third kappa shape index (κ3) is 12.6. The van der Waals surface area contributed by atoms with Crippen LogP contribution in [0, 0.1) is 0 Å². The molecule has 0 aliphatic rings. The fourth-order valence-electron chi connectivity index (χ4n) is 3.44. The molecule has 0 radical (unpaired) electrons. The highest BCUT2D eigenvalue weighted by atomic mass is 16.6. The first-order valence-electron chi connectivity index (χ1n) is 12.1. The van der Waals surface area contributed by atoms with Crippen molar-refractivity contribution >= 4 is 23.9 Å². The molecule has 2 aromatic rings. The van der Waals surface area contributed by atoms with Crippen LogP contribution in [0.2, 0.25) is 0 Å². The predicted octanol–water partition coefficient (Wildman–Crippen LogP) is 1.64. The summed E-state index contributed by atoms with van der Waals surface area (Å²) >= 11 is 0. The van der Waals surface area contributed by atoms with E-state index in [1.54, 1.807) is 45.0 Å². The number of alkyl carbamates (subject to hydrolysis) is 1. The molecule has 0 saturated heterocycles. The van der Waals surface area contributed by atoms with E-state index >= 15 is 0 Å². The molecule has 0 spiro atoms. The fourth-order valence-corrected chi connectivity index (χ4v) is 3.44. The monoisotopic (exact) mass is 512 g/mol. The van der Waals surface area contributed by atoms with Gasteiger partial charge in [0.25, 0.3) is 0 Å². The minimum atomic E-state index is -1.16. The third-order valence-electron chi connectivity index (χ3n) is 5.08. The van der Waals surface area contributed by atoms with Crippen LogP contribution in [0.5, 0.6) is 0 Å². The maximum absolute atomic E-state index is 12.3. The second-order valence-electron chi connectivity index (χ2n) is 9.59. The average molecular weight is 513 g/mol. The van der Waals surface area contributed by atoms with Gasteiger partial charge in [0.15, 0.2) is 0 Å².